The van der Waals surface area contributed by atoms with Crippen LogP contribution in [0.25, 0.3) is 109 Å². The fraction of sp³-hybridized carbons (Fsp3) is 0.125. The molecule has 0 saturated heterocycles. The predicted octanol–water partition coefficient (Wildman–Crippen LogP) is 15.1. The van der Waals surface area contributed by atoms with Gasteiger partial charge in [0.25, 0.3) is 0 Å². The molecule has 6 heteroatoms. The van der Waals surface area contributed by atoms with Gasteiger partial charge < -0.3 is 19.9 Å². The Balaban J connectivity index is 1.26. The average Bonchev–Trinajstić information content (AvgIpc) is 3.93. The highest BCUT2D eigenvalue weighted by atomic mass is 35.5. The van der Waals surface area contributed by atoms with Crippen LogP contribution in [0.2, 0.25) is 10.0 Å². The van der Waals surface area contributed by atoms with E-state index in [9.17, 15) is 0 Å². The molecule has 4 nitrogen and oxygen atoms in total. The normalized spacial score (nSPS) is 12.6. The number of hydrogen-bond donors (Lipinski definition) is 4. The summed E-state index contributed by atoms with van der Waals surface area (Å²) in [5.41, 5.74) is 15.7. The molecule has 0 aliphatic carbocycles. The van der Waals surface area contributed by atoms with E-state index in [0.29, 0.717) is 0 Å². The number of hydrogen-bond acceptors (Lipinski definition) is 0. The minimum Gasteiger partial charge on any atom is -0.354 e. The van der Waals surface area contributed by atoms with Crippen molar-refractivity contribution >= 4 is 110 Å². The number of aromatic nitrogens is 4. The minimum atomic E-state index is 0.233. The van der Waals surface area contributed by atoms with E-state index in [1.165, 1.54) is 65.3 Å². The molecule has 11 aromatic rings. The standard InChI is InChI=1S/C48H36Cl2N4/c1-23(2)37-41-31-15-9-13-29(39-33(49)21-19-27-25-11-5-7-17-35(25)51-45(27)39)43(31)54-48(41)38(24(3)4)42-32-16-10-14-30(44(32)53-47(37)42)40-34(50)22-20-28-26-12-6-8-18-36(26)52-46(28)40/h5-24,51-54H,1-4H3. The minimum absolute atomic E-state index is 0.233. The second kappa shape index (κ2) is 11.4. The SMILES string of the molecule is CC(C)c1c2[nH]c3c(-c4c(Cl)ccc5c4[nH]c4ccccc45)cccc3c2c(C(C)C)c2[nH]c3c(-c4c(Cl)ccc5c4[nH]c4ccccc45)cccc3c12. The van der Waals surface area contributed by atoms with Gasteiger partial charge in [0.1, 0.15) is 0 Å². The zero-order chi connectivity index (χ0) is 36.6. The first kappa shape index (κ1) is 31.8. The summed E-state index contributed by atoms with van der Waals surface area (Å²) in [7, 11) is 0. The molecule has 0 amide bonds. The van der Waals surface area contributed by atoms with Gasteiger partial charge in [-0.15, -0.1) is 0 Å². The van der Waals surface area contributed by atoms with Crippen molar-refractivity contribution in [1.29, 1.82) is 0 Å². The molecule has 4 aromatic heterocycles. The van der Waals surface area contributed by atoms with Gasteiger partial charge in [-0.25, -0.2) is 0 Å². The third kappa shape index (κ3) is 4.21. The smallest absolute Gasteiger partial charge is 0.0560 e. The molecule has 4 heterocycles. The van der Waals surface area contributed by atoms with E-state index in [1.807, 2.05) is 12.1 Å². The molecule has 0 fully saturated rings. The number of para-hydroxylation sites is 4. The van der Waals surface area contributed by atoms with E-state index in [4.69, 9.17) is 23.2 Å². The van der Waals surface area contributed by atoms with Crippen LogP contribution in [0.4, 0.5) is 0 Å². The molecule has 0 bridgehead atoms. The lowest BCUT2D eigenvalue weighted by atomic mass is 9.87. The topological polar surface area (TPSA) is 63.2 Å². The van der Waals surface area contributed by atoms with Crippen molar-refractivity contribution in [1.82, 2.24) is 19.9 Å². The maximum atomic E-state index is 7.15. The fourth-order valence-electron chi connectivity index (χ4n) is 9.53. The first-order valence-electron chi connectivity index (χ1n) is 18.7. The van der Waals surface area contributed by atoms with Crippen molar-refractivity contribution in [2.75, 3.05) is 0 Å². The molecule has 0 aliphatic rings. The Hall–Kier alpha value is -5.68. The van der Waals surface area contributed by atoms with Crippen molar-refractivity contribution in [2.24, 2.45) is 0 Å². The van der Waals surface area contributed by atoms with Gasteiger partial charge in [-0.2, -0.15) is 0 Å². The lowest BCUT2D eigenvalue weighted by molar-refractivity contribution is 0.871. The molecule has 0 unspecified atom stereocenters. The maximum Gasteiger partial charge on any atom is 0.0560 e. The van der Waals surface area contributed by atoms with Crippen LogP contribution in [0, 0.1) is 0 Å². The summed E-state index contributed by atoms with van der Waals surface area (Å²) in [6.07, 6.45) is 0. The first-order valence-corrected chi connectivity index (χ1v) is 19.5. The molecule has 7 aromatic carbocycles. The van der Waals surface area contributed by atoms with Crippen LogP contribution in [0.3, 0.4) is 0 Å². The molecular formula is C48H36Cl2N4. The zero-order valence-electron chi connectivity index (χ0n) is 30.3. The zero-order valence-corrected chi connectivity index (χ0v) is 31.8. The molecular weight excluding hydrogens is 703 g/mol. The van der Waals surface area contributed by atoms with Gasteiger partial charge in [0.05, 0.1) is 43.1 Å². The molecule has 0 spiro atoms. The Labute approximate surface area is 321 Å². The van der Waals surface area contributed by atoms with Crippen LogP contribution in [-0.2, 0) is 0 Å². The quantitative estimate of drug-likeness (QED) is 0.139. The molecule has 54 heavy (non-hydrogen) atoms. The molecule has 11 rings (SSSR count). The van der Waals surface area contributed by atoms with Crippen LogP contribution in [0.5, 0.6) is 0 Å². The van der Waals surface area contributed by atoms with Gasteiger partial charge in [0.15, 0.2) is 0 Å². The average molecular weight is 740 g/mol. The van der Waals surface area contributed by atoms with Crippen LogP contribution in [0.15, 0.2) is 109 Å². The summed E-state index contributed by atoms with van der Waals surface area (Å²) in [5.74, 6) is 0.466. The highest BCUT2D eigenvalue weighted by molar-refractivity contribution is 6.37. The monoisotopic (exact) mass is 738 g/mol. The summed E-state index contributed by atoms with van der Waals surface area (Å²) in [5, 5.41) is 11.1. The number of aromatic amines is 4. The Kier molecular flexibility index (Phi) is 6.72. The Morgan fingerprint density at radius 1 is 0.370 bits per heavy atom. The number of benzene rings is 7. The third-order valence-electron chi connectivity index (χ3n) is 11.7. The van der Waals surface area contributed by atoms with Crippen molar-refractivity contribution in [3.05, 3.63) is 130 Å². The summed E-state index contributed by atoms with van der Waals surface area (Å²) in [4.78, 5) is 15.5. The number of nitrogens with one attached hydrogen (secondary N) is 4. The number of rotatable bonds is 4. The molecule has 4 N–H and O–H groups in total. The number of halogens is 2. The second-order valence-corrected chi connectivity index (χ2v) is 16.2. The van der Waals surface area contributed by atoms with Gasteiger partial charge >= 0.3 is 0 Å². The van der Waals surface area contributed by atoms with Crippen LogP contribution < -0.4 is 0 Å². The Morgan fingerprint density at radius 2 is 0.778 bits per heavy atom. The molecule has 0 atom stereocenters. The molecule has 0 aliphatic heterocycles. The van der Waals surface area contributed by atoms with Crippen molar-refractivity contribution < 1.29 is 0 Å². The molecule has 0 saturated carbocycles. The lowest BCUT2D eigenvalue weighted by Crippen LogP contribution is -1.97. The third-order valence-corrected chi connectivity index (χ3v) is 12.3. The van der Waals surface area contributed by atoms with Crippen molar-refractivity contribution in [3.8, 4) is 22.3 Å². The maximum absolute atomic E-state index is 7.15. The summed E-state index contributed by atoms with van der Waals surface area (Å²) in [6, 6.07) is 38.6. The van der Waals surface area contributed by atoms with Crippen LogP contribution >= 0.6 is 23.2 Å². The Morgan fingerprint density at radius 3 is 1.20 bits per heavy atom. The number of fused-ring (bicyclic) bond motifs is 12. The first-order chi connectivity index (χ1) is 26.3. The second-order valence-electron chi connectivity index (χ2n) is 15.4. The van der Waals surface area contributed by atoms with Gasteiger partial charge in [0, 0.05) is 76.4 Å². The highest BCUT2D eigenvalue weighted by Crippen LogP contribution is 2.50. The van der Waals surface area contributed by atoms with E-state index in [0.717, 1.165) is 65.4 Å². The van der Waals surface area contributed by atoms with E-state index >= 15 is 0 Å². The van der Waals surface area contributed by atoms with Gasteiger partial charge in [0.2, 0.25) is 0 Å². The number of H-pyrrole nitrogens is 4. The summed E-state index contributed by atoms with van der Waals surface area (Å²) >= 11 is 14.3. The molecule has 262 valence electrons. The van der Waals surface area contributed by atoms with Gasteiger partial charge in [-0.3, -0.25) is 0 Å². The van der Waals surface area contributed by atoms with Crippen molar-refractivity contribution in [3.63, 3.8) is 0 Å². The van der Waals surface area contributed by atoms with Gasteiger partial charge in [-0.1, -0.05) is 136 Å². The van der Waals surface area contributed by atoms with Crippen LogP contribution in [0.1, 0.15) is 50.7 Å². The highest BCUT2D eigenvalue weighted by Gasteiger charge is 2.27. The van der Waals surface area contributed by atoms with Crippen LogP contribution in [-0.4, -0.2) is 19.9 Å². The van der Waals surface area contributed by atoms with E-state index < -0.39 is 0 Å². The van der Waals surface area contributed by atoms with Gasteiger partial charge in [-0.05, 0) is 47.2 Å². The van der Waals surface area contributed by atoms with E-state index in [2.05, 4.69) is 145 Å². The Bertz CT molecular complexity index is 3140. The lowest BCUT2D eigenvalue weighted by Gasteiger charge is -2.16. The summed E-state index contributed by atoms with van der Waals surface area (Å²) < 4.78 is 0. The van der Waals surface area contributed by atoms with E-state index in [-0.39, 0.29) is 11.8 Å². The predicted molar refractivity (Wildman–Crippen MR) is 233 cm³/mol. The molecule has 0 radical (unpaired) electrons. The van der Waals surface area contributed by atoms with Crippen molar-refractivity contribution in [2.45, 2.75) is 39.5 Å². The summed E-state index contributed by atoms with van der Waals surface area (Å²) in [6.45, 7) is 9.23. The fourth-order valence-corrected chi connectivity index (χ4v) is 10.1. The van der Waals surface area contributed by atoms with E-state index in [1.54, 1.807) is 0 Å². The largest absolute Gasteiger partial charge is 0.354 e.